The minimum atomic E-state index is -0.950. The molecule has 21 heavy (non-hydrogen) atoms. The van der Waals surface area contributed by atoms with Gasteiger partial charge in [-0.05, 0) is 38.3 Å². The van der Waals surface area contributed by atoms with Crippen LogP contribution in [0.5, 0.6) is 5.75 Å². The molecule has 5 nitrogen and oxygen atoms in total. The summed E-state index contributed by atoms with van der Waals surface area (Å²) in [4.78, 5) is 22.9. The number of hydrogen-bond donors (Lipinski definition) is 2. The summed E-state index contributed by atoms with van der Waals surface area (Å²) in [5, 5.41) is 11.8. The van der Waals surface area contributed by atoms with E-state index in [1.54, 1.807) is 13.8 Å². The lowest BCUT2D eigenvalue weighted by Crippen LogP contribution is -2.42. The summed E-state index contributed by atoms with van der Waals surface area (Å²) >= 11 is 0. The fourth-order valence-electron chi connectivity index (χ4n) is 1.86. The second-order valence-corrected chi connectivity index (χ2v) is 5.51. The average Bonchev–Trinajstić information content (AvgIpc) is 2.44. The molecule has 0 saturated carbocycles. The van der Waals surface area contributed by atoms with E-state index in [-0.39, 0.29) is 19.1 Å². The Hall–Kier alpha value is -2.04. The Morgan fingerprint density at radius 2 is 1.86 bits per heavy atom. The minimum Gasteiger partial charge on any atom is -0.483 e. The summed E-state index contributed by atoms with van der Waals surface area (Å²) in [5.41, 5.74) is 0.979. The Kier molecular flexibility index (Phi) is 5.76. The maximum atomic E-state index is 11.8. The van der Waals surface area contributed by atoms with Gasteiger partial charge in [-0.1, -0.05) is 25.1 Å². The smallest absolute Gasteiger partial charge is 0.311 e. The molecule has 0 heterocycles. The van der Waals surface area contributed by atoms with Gasteiger partial charge in [-0.2, -0.15) is 0 Å². The number of hydrogen-bond acceptors (Lipinski definition) is 3. The largest absolute Gasteiger partial charge is 0.483 e. The number of carbonyl (C=O) groups excluding carboxylic acids is 1. The number of aliphatic carboxylic acids is 1. The van der Waals surface area contributed by atoms with Crippen LogP contribution in [0.4, 0.5) is 0 Å². The van der Waals surface area contributed by atoms with Crippen molar-refractivity contribution in [2.24, 2.45) is 5.41 Å². The van der Waals surface area contributed by atoms with E-state index in [1.807, 2.05) is 32.0 Å². The van der Waals surface area contributed by atoms with Crippen LogP contribution in [-0.2, 0) is 9.59 Å². The van der Waals surface area contributed by atoms with Crippen LogP contribution < -0.4 is 10.1 Å². The standard InChI is InChI=1S/C16H23NO4/c1-5-16(4,15(19)20)10-17-13(18)9-21-14-11(2)7-6-8-12(14)3/h6-8H,5,9-10H2,1-4H3,(H,17,18)(H,19,20). The lowest BCUT2D eigenvalue weighted by atomic mass is 9.88. The first-order valence-electron chi connectivity index (χ1n) is 6.99. The number of amides is 1. The zero-order valence-corrected chi connectivity index (χ0v) is 13.0. The summed E-state index contributed by atoms with van der Waals surface area (Å²) < 4.78 is 5.53. The molecule has 0 saturated heterocycles. The predicted octanol–water partition coefficient (Wildman–Crippen LogP) is 2.30. The number of carbonyl (C=O) groups is 2. The van der Waals surface area contributed by atoms with Crippen LogP contribution in [0.3, 0.4) is 0 Å². The van der Waals surface area contributed by atoms with Gasteiger partial charge in [-0.3, -0.25) is 9.59 Å². The van der Waals surface area contributed by atoms with Gasteiger partial charge in [0.15, 0.2) is 6.61 Å². The predicted molar refractivity (Wildman–Crippen MR) is 80.5 cm³/mol. The van der Waals surface area contributed by atoms with Crippen LogP contribution in [0.15, 0.2) is 18.2 Å². The quantitative estimate of drug-likeness (QED) is 0.809. The van der Waals surface area contributed by atoms with Crippen LogP contribution in [0.25, 0.3) is 0 Å². The van der Waals surface area contributed by atoms with Crippen molar-refractivity contribution < 1.29 is 19.4 Å². The van der Waals surface area contributed by atoms with E-state index >= 15 is 0 Å². The van der Waals surface area contributed by atoms with Gasteiger partial charge in [0.1, 0.15) is 5.75 Å². The molecule has 116 valence electrons. The van der Waals surface area contributed by atoms with Crippen molar-refractivity contribution in [3.63, 3.8) is 0 Å². The first-order chi connectivity index (χ1) is 9.80. The molecule has 1 atom stereocenters. The second-order valence-electron chi connectivity index (χ2n) is 5.51. The molecule has 1 unspecified atom stereocenters. The van der Waals surface area contributed by atoms with Gasteiger partial charge in [0, 0.05) is 6.54 Å². The van der Waals surface area contributed by atoms with E-state index < -0.39 is 11.4 Å². The summed E-state index contributed by atoms with van der Waals surface area (Å²) in [7, 11) is 0. The van der Waals surface area contributed by atoms with Crippen LogP contribution >= 0.6 is 0 Å². The zero-order valence-electron chi connectivity index (χ0n) is 13.0. The van der Waals surface area contributed by atoms with Gasteiger partial charge in [-0.15, -0.1) is 0 Å². The van der Waals surface area contributed by atoms with Gasteiger partial charge < -0.3 is 15.2 Å². The molecule has 1 rings (SSSR count). The van der Waals surface area contributed by atoms with E-state index in [9.17, 15) is 9.59 Å². The molecule has 1 amide bonds. The van der Waals surface area contributed by atoms with E-state index in [0.717, 1.165) is 11.1 Å². The van der Waals surface area contributed by atoms with Crippen molar-refractivity contribution in [1.29, 1.82) is 0 Å². The number of para-hydroxylation sites is 1. The normalized spacial score (nSPS) is 13.3. The van der Waals surface area contributed by atoms with Gasteiger partial charge >= 0.3 is 5.97 Å². The fourth-order valence-corrected chi connectivity index (χ4v) is 1.86. The topological polar surface area (TPSA) is 75.6 Å². The maximum Gasteiger partial charge on any atom is 0.311 e. The van der Waals surface area contributed by atoms with Crippen molar-refractivity contribution in [2.45, 2.75) is 34.1 Å². The molecule has 0 aliphatic heterocycles. The molecule has 0 spiro atoms. The van der Waals surface area contributed by atoms with Gasteiger partial charge in [-0.25, -0.2) is 0 Å². The summed E-state index contributed by atoms with van der Waals surface area (Å²) in [6.45, 7) is 7.20. The molecule has 0 fully saturated rings. The Bertz CT molecular complexity index is 507. The molecule has 5 heteroatoms. The SMILES string of the molecule is CCC(C)(CNC(=O)COc1c(C)cccc1C)C(=O)O. The third-order valence-electron chi connectivity index (χ3n) is 3.73. The zero-order chi connectivity index (χ0) is 16.0. The monoisotopic (exact) mass is 293 g/mol. The van der Waals surface area contributed by atoms with Crippen molar-refractivity contribution in [2.75, 3.05) is 13.2 Å². The highest BCUT2D eigenvalue weighted by molar-refractivity contribution is 5.79. The highest BCUT2D eigenvalue weighted by Gasteiger charge is 2.31. The molecule has 1 aromatic rings. The Labute approximate surface area is 125 Å². The van der Waals surface area contributed by atoms with Crippen LogP contribution in [0.1, 0.15) is 31.4 Å². The fraction of sp³-hybridized carbons (Fsp3) is 0.500. The van der Waals surface area contributed by atoms with Crippen molar-refractivity contribution >= 4 is 11.9 Å². The Balaban J connectivity index is 2.54. The molecular formula is C16H23NO4. The molecule has 0 bridgehead atoms. The van der Waals surface area contributed by atoms with Crippen molar-refractivity contribution in [1.82, 2.24) is 5.32 Å². The Morgan fingerprint density at radius 3 is 2.33 bits per heavy atom. The van der Waals surface area contributed by atoms with Gasteiger partial charge in [0.05, 0.1) is 5.41 Å². The van der Waals surface area contributed by atoms with E-state index in [1.165, 1.54) is 0 Å². The molecule has 1 aromatic carbocycles. The second kappa shape index (κ2) is 7.11. The number of benzene rings is 1. The minimum absolute atomic E-state index is 0.0911. The average molecular weight is 293 g/mol. The van der Waals surface area contributed by atoms with Crippen LogP contribution in [0, 0.1) is 19.3 Å². The molecular weight excluding hydrogens is 270 g/mol. The third-order valence-corrected chi connectivity index (χ3v) is 3.73. The highest BCUT2D eigenvalue weighted by atomic mass is 16.5. The maximum absolute atomic E-state index is 11.8. The number of aryl methyl sites for hydroxylation is 2. The molecule has 0 aromatic heterocycles. The van der Waals surface area contributed by atoms with E-state index in [2.05, 4.69) is 5.32 Å². The summed E-state index contributed by atoms with van der Waals surface area (Å²) in [6.07, 6.45) is 0.445. The number of nitrogens with one attached hydrogen (secondary N) is 1. The summed E-state index contributed by atoms with van der Waals surface area (Å²) in [6, 6.07) is 5.76. The van der Waals surface area contributed by atoms with Crippen molar-refractivity contribution in [3.05, 3.63) is 29.3 Å². The lowest BCUT2D eigenvalue weighted by molar-refractivity contribution is -0.148. The number of ether oxygens (including phenoxy) is 1. The number of rotatable bonds is 7. The lowest BCUT2D eigenvalue weighted by Gasteiger charge is -2.23. The number of carboxylic acids is 1. The number of carboxylic acid groups (broad SMARTS) is 1. The van der Waals surface area contributed by atoms with Crippen LogP contribution in [-0.4, -0.2) is 30.1 Å². The molecule has 0 aliphatic carbocycles. The Morgan fingerprint density at radius 1 is 1.29 bits per heavy atom. The first kappa shape index (κ1) is 17.0. The van der Waals surface area contributed by atoms with Crippen LogP contribution in [0.2, 0.25) is 0 Å². The molecule has 2 N–H and O–H groups in total. The highest BCUT2D eigenvalue weighted by Crippen LogP contribution is 2.22. The van der Waals surface area contributed by atoms with Crippen molar-refractivity contribution in [3.8, 4) is 5.75 Å². The molecule has 0 radical (unpaired) electrons. The van der Waals surface area contributed by atoms with Gasteiger partial charge in [0.2, 0.25) is 0 Å². The third kappa shape index (κ3) is 4.48. The van der Waals surface area contributed by atoms with Gasteiger partial charge in [0.25, 0.3) is 5.91 Å². The van der Waals surface area contributed by atoms with E-state index in [4.69, 9.17) is 9.84 Å². The van der Waals surface area contributed by atoms with E-state index in [0.29, 0.717) is 12.2 Å². The molecule has 0 aliphatic rings. The first-order valence-corrected chi connectivity index (χ1v) is 6.99. The summed E-state index contributed by atoms with van der Waals surface area (Å²) in [5.74, 6) is -0.538.